The van der Waals surface area contributed by atoms with E-state index in [1.54, 1.807) is 30.5 Å². The second kappa shape index (κ2) is 4.09. The molecule has 1 heterocycles. The van der Waals surface area contributed by atoms with Crippen LogP contribution in [-0.2, 0) is 0 Å². The molecule has 2 aromatic rings. The van der Waals surface area contributed by atoms with Gasteiger partial charge in [-0.3, -0.25) is 4.98 Å². The maximum Gasteiger partial charge on any atom is 0.145 e. The highest BCUT2D eigenvalue weighted by atomic mass is 19.1. The molecule has 3 heteroatoms. The predicted molar refractivity (Wildman–Crippen MR) is 55.2 cm³/mol. The first-order valence-corrected chi connectivity index (χ1v) is 4.45. The summed E-state index contributed by atoms with van der Waals surface area (Å²) in [6.07, 6.45) is 1.58. The van der Waals surface area contributed by atoms with Gasteiger partial charge in [-0.15, -0.1) is 0 Å². The van der Waals surface area contributed by atoms with E-state index in [1.807, 2.05) is 0 Å². The Bertz CT molecular complexity index is 393. The minimum Gasteiger partial charge on any atom is -0.456 e. The Balaban J connectivity index is 2.15. The van der Waals surface area contributed by atoms with Gasteiger partial charge >= 0.3 is 0 Å². The molecular formula is C12H9FNO. The zero-order chi connectivity index (χ0) is 10.7. The highest BCUT2D eigenvalue weighted by Crippen LogP contribution is 2.20. The lowest BCUT2D eigenvalue weighted by molar-refractivity contribution is 0.478. The van der Waals surface area contributed by atoms with Gasteiger partial charge in [-0.25, -0.2) is 4.39 Å². The molecule has 0 saturated heterocycles. The lowest BCUT2D eigenvalue weighted by Crippen LogP contribution is -1.86. The van der Waals surface area contributed by atoms with Gasteiger partial charge in [0.2, 0.25) is 0 Å². The third-order valence-corrected chi connectivity index (χ3v) is 1.85. The maximum absolute atomic E-state index is 12.6. The summed E-state index contributed by atoms with van der Waals surface area (Å²) >= 11 is 0. The summed E-state index contributed by atoms with van der Waals surface area (Å²) in [7, 11) is 0. The smallest absolute Gasteiger partial charge is 0.145 e. The number of halogens is 1. The van der Waals surface area contributed by atoms with Crippen molar-refractivity contribution in [3.8, 4) is 11.5 Å². The average molecular weight is 202 g/mol. The summed E-state index contributed by atoms with van der Waals surface area (Å²) in [6, 6.07) is 9.33. The van der Waals surface area contributed by atoms with E-state index in [0.717, 1.165) is 0 Å². The van der Waals surface area contributed by atoms with E-state index >= 15 is 0 Å². The van der Waals surface area contributed by atoms with Crippen LogP contribution in [0.4, 0.5) is 4.39 Å². The second-order valence-corrected chi connectivity index (χ2v) is 3.04. The van der Waals surface area contributed by atoms with Gasteiger partial charge in [0.05, 0.1) is 6.20 Å². The molecule has 0 fully saturated rings. The Kier molecular flexibility index (Phi) is 2.63. The van der Waals surface area contributed by atoms with Crippen LogP contribution in [0.15, 0.2) is 42.6 Å². The molecule has 0 aliphatic heterocycles. The standard InChI is InChI=1S/C12H9FNO/c1-9-2-5-12(8-14-9)15-11-6-3-10(13)4-7-11/h2-8H,1H2. The topological polar surface area (TPSA) is 22.1 Å². The lowest BCUT2D eigenvalue weighted by Gasteiger charge is -2.04. The van der Waals surface area contributed by atoms with Crippen molar-refractivity contribution in [2.75, 3.05) is 0 Å². The number of ether oxygens (including phenoxy) is 1. The minimum absolute atomic E-state index is 0.284. The van der Waals surface area contributed by atoms with Crippen LogP contribution in [0.1, 0.15) is 5.69 Å². The van der Waals surface area contributed by atoms with Crippen LogP contribution in [0.3, 0.4) is 0 Å². The number of aromatic nitrogens is 1. The zero-order valence-corrected chi connectivity index (χ0v) is 7.98. The van der Waals surface area contributed by atoms with E-state index in [-0.39, 0.29) is 5.82 Å². The van der Waals surface area contributed by atoms with E-state index in [0.29, 0.717) is 17.2 Å². The summed E-state index contributed by atoms with van der Waals surface area (Å²) in [4.78, 5) is 3.98. The van der Waals surface area contributed by atoms with Crippen molar-refractivity contribution in [3.05, 3.63) is 61.0 Å². The van der Waals surface area contributed by atoms with Crippen LogP contribution in [-0.4, -0.2) is 4.98 Å². The fourth-order valence-electron chi connectivity index (χ4n) is 1.11. The van der Waals surface area contributed by atoms with Crippen molar-refractivity contribution in [1.82, 2.24) is 4.98 Å². The number of hydrogen-bond donors (Lipinski definition) is 0. The molecule has 0 unspecified atom stereocenters. The monoisotopic (exact) mass is 202 g/mol. The molecule has 0 aliphatic rings. The maximum atomic E-state index is 12.6. The molecular weight excluding hydrogens is 193 g/mol. The first kappa shape index (κ1) is 9.65. The van der Waals surface area contributed by atoms with Gasteiger partial charge in [-0.05, 0) is 43.3 Å². The first-order valence-electron chi connectivity index (χ1n) is 4.45. The Morgan fingerprint density at radius 1 is 1.00 bits per heavy atom. The lowest BCUT2D eigenvalue weighted by atomic mass is 10.3. The molecule has 0 atom stereocenters. The minimum atomic E-state index is -0.284. The second-order valence-electron chi connectivity index (χ2n) is 3.04. The fraction of sp³-hybridized carbons (Fsp3) is 0. The molecule has 2 nitrogen and oxygen atoms in total. The molecule has 0 amide bonds. The molecule has 0 spiro atoms. The van der Waals surface area contributed by atoms with E-state index in [1.165, 1.54) is 12.1 Å². The van der Waals surface area contributed by atoms with E-state index < -0.39 is 0 Å². The normalized spacial score (nSPS) is 10.0. The van der Waals surface area contributed by atoms with Gasteiger partial charge in [0, 0.05) is 5.69 Å². The van der Waals surface area contributed by atoms with Crippen LogP contribution in [0.25, 0.3) is 0 Å². The van der Waals surface area contributed by atoms with Gasteiger partial charge in [-0.2, -0.15) is 0 Å². The number of hydrogen-bond acceptors (Lipinski definition) is 2. The third kappa shape index (κ3) is 2.53. The highest BCUT2D eigenvalue weighted by Gasteiger charge is 1.97. The summed E-state index contributed by atoms with van der Waals surface area (Å²) in [5, 5.41) is 0. The Morgan fingerprint density at radius 3 is 2.27 bits per heavy atom. The Morgan fingerprint density at radius 2 is 1.67 bits per heavy atom. The van der Waals surface area contributed by atoms with Gasteiger partial charge in [0.15, 0.2) is 0 Å². The van der Waals surface area contributed by atoms with Crippen LogP contribution in [0.5, 0.6) is 11.5 Å². The van der Waals surface area contributed by atoms with E-state index in [4.69, 9.17) is 4.74 Å². The number of benzene rings is 1. The molecule has 1 aromatic heterocycles. The summed E-state index contributed by atoms with van der Waals surface area (Å²) in [5.74, 6) is 0.901. The zero-order valence-electron chi connectivity index (χ0n) is 7.98. The van der Waals surface area contributed by atoms with Gasteiger partial charge < -0.3 is 4.74 Å². The van der Waals surface area contributed by atoms with Crippen molar-refractivity contribution in [3.63, 3.8) is 0 Å². The van der Waals surface area contributed by atoms with E-state index in [2.05, 4.69) is 11.9 Å². The van der Waals surface area contributed by atoms with Crippen LogP contribution in [0.2, 0.25) is 0 Å². The molecule has 0 saturated carbocycles. The van der Waals surface area contributed by atoms with Gasteiger partial charge in [-0.1, -0.05) is 0 Å². The Hall–Kier alpha value is -1.90. The molecule has 2 rings (SSSR count). The third-order valence-electron chi connectivity index (χ3n) is 1.85. The number of nitrogens with zero attached hydrogens (tertiary/aromatic N) is 1. The molecule has 75 valence electrons. The Labute approximate surface area is 87.4 Å². The predicted octanol–water partition coefficient (Wildman–Crippen LogP) is 3.20. The number of pyridine rings is 1. The van der Waals surface area contributed by atoms with Crippen molar-refractivity contribution in [2.45, 2.75) is 0 Å². The van der Waals surface area contributed by atoms with Gasteiger partial charge in [0.25, 0.3) is 0 Å². The van der Waals surface area contributed by atoms with Crippen molar-refractivity contribution < 1.29 is 9.13 Å². The first-order chi connectivity index (χ1) is 7.24. The summed E-state index contributed by atoms with van der Waals surface area (Å²) in [5.41, 5.74) is 0.682. The largest absolute Gasteiger partial charge is 0.456 e. The van der Waals surface area contributed by atoms with Crippen molar-refractivity contribution in [1.29, 1.82) is 0 Å². The van der Waals surface area contributed by atoms with E-state index in [9.17, 15) is 4.39 Å². The molecule has 0 aliphatic carbocycles. The van der Waals surface area contributed by atoms with Crippen LogP contribution in [0, 0.1) is 12.7 Å². The molecule has 0 N–H and O–H groups in total. The van der Waals surface area contributed by atoms with Crippen LogP contribution >= 0.6 is 0 Å². The van der Waals surface area contributed by atoms with Crippen molar-refractivity contribution >= 4 is 0 Å². The van der Waals surface area contributed by atoms with Crippen LogP contribution < -0.4 is 4.74 Å². The SMILES string of the molecule is [CH2]c1ccc(Oc2ccc(F)cc2)cn1. The quantitative estimate of drug-likeness (QED) is 0.746. The average Bonchev–Trinajstić information content (AvgIpc) is 2.25. The molecule has 1 aromatic carbocycles. The number of rotatable bonds is 2. The van der Waals surface area contributed by atoms with Gasteiger partial charge in [0.1, 0.15) is 17.3 Å². The molecule has 0 bridgehead atoms. The molecule has 1 radical (unpaired) electrons. The summed E-state index contributed by atoms with van der Waals surface area (Å²) in [6.45, 7) is 3.66. The highest BCUT2D eigenvalue weighted by molar-refractivity contribution is 5.30. The fourth-order valence-corrected chi connectivity index (χ4v) is 1.11. The van der Waals surface area contributed by atoms with Crippen molar-refractivity contribution in [2.24, 2.45) is 0 Å². The molecule has 15 heavy (non-hydrogen) atoms. The summed E-state index contributed by atoms with van der Waals surface area (Å²) < 4.78 is 18.0.